The number of benzene rings is 2. The van der Waals surface area contributed by atoms with Gasteiger partial charge in [0, 0.05) is 6.04 Å². The van der Waals surface area contributed by atoms with Gasteiger partial charge in [0.15, 0.2) is 12.9 Å². The largest absolute Gasteiger partial charge is 0.483 e. The van der Waals surface area contributed by atoms with E-state index in [-0.39, 0.29) is 18.6 Å². The third-order valence-electron chi connectivity index (χ3n) is 4.13. The summed E-state index contributed by atoms with van der Waals surface area (Å²) in [6.45, 7) is -0.0598. The number of amides is 1. The first-order chi connectivity index (χ1) is 10.8. The zero-order chi connectivity index (χ0) is 15.4. The molecule has 0 aromatic heterocycles. The highest BCUT2D eigenvalue weighted by Crippen LogP contribution is 2.26. The Morgan fingerprint density at radius 3 is 2.73 bits per heavy atom. The van der Waals surface area contributed by atoms with Crippen molar-refractivity contribution in [1.29, 1.82) is 0 Å². The molecule has 1 fully saturated rings. The molecule has 114 valence electrons. The van der Waals surface area contributed by atoms with Crippen LogP contribution in [0.4, 0.5) is 0 Å². The van der Waals surface area contributed by atoms with E-state index >= 15 is 0 Å². The third kappa shape index (κ3) is 3.11. The first kappa shape index (κ1) is 14.6. The van der Waals surface area contributed by atoms with Gasteiger partial charge < -0.3 is 10.1 Å². The number of nitrogens with one attached hydrogen (secondary N) is 1. The third-order valence-corrected chi connectivity index (χ3v) is 4.13. The molecular formula is C18H19NO3. The van der Waals surface area contributed by atoms with E-state index in [4.69, 9.17) is 4.74 Å². The number of hydrogen-bond acceptors (Lipinski definition) is 3. The van der Waals surface area contributed by atoms with Crippen molar-refractivity contribution in [1.82, 2.24) is 5.32 Å². The summed E-state index contributed by atoms with van der Waals surface area (Å²) in [6.07, 6.45) is 5.21. The van der Waals surface area contributed by atoms with E-state index in [1.807, 2.05) is 30.3 Å². The lowest BCUT2D eigenvalue weighted by atomic mass is 10.0. The van der Waals surface area contributed by atoms with E-state index in [0.29, 0.717) is 11.3 Å². The maximum atomic E-state index is 11.9. The van der Waals surface area contributed by atoms with Crippen molar-refractivity contribution in [2.75, 3.05) is 6.61 Å². The molecule has 0 bridgehead atoms. The van der Waals surface area contributed by atoms with Gasteiger partial charge in [-0.15, -0.1) is 0 Å². The Hall–Kier alpha value is -2.36. The Morgan fingerprint density at radius 2 is 1.95 bits per heavy atom. The molecule has 3 rings (SSSR count). The van der Waals surface area contributed by atoms with Crippen molar-refractivity contribution in [2.45, 2.75) is 31.7 Å². The summed E-state index contributed by atoms with van der Waals surface area (Å²) in [5, 5.41) is 4.79. The second-order valence-electron chi connectivity index (χ2n) is 5.65. The fourth-order valence-electron chi connectivity index (χ4n) is 3.01. The molecule has 4 heteroatoms. The summed E-state index contributed by atoms with van der Waals surface area (Å²) in [7, 11) is 0. The van der Waals surface area contributed by atoms with Crippen LogP contribution < -0.4 is 10.1 Å². The molecule has 1 aliphatic carbocycles. The molecule has 0 radical (unpaired) electrons. The van der Waals surface area contributed by atoms with Crippen molar-refractivity contribution in [2.24, 2.45) is 0 Å². The average Bonchev–Trinajstić information content (AvgIpc) is 3.05. The van der Waals surface area contributed by atoms with Crippen LogP contribution >= 0.6 is 0 Å². The maximum Gasteiger partial charge on any atom is 0.258 e. The molecule has 0 unspecified atom stereocenters. The predicted octanol–water partition coefficient (Wildman–Crippen LogP) is 3.09. The van der Waals surface area contributed by atoms with Crippen molar-refractivity contribution in [3.05, 3.63) is 42.0 Å². The number of aldehydes is 1. The van der Waals surface area contributed by atoms with Crippen LogP contribution in [0.25, 0.3) is 10.8 Å². The highest BCUT2D eigenvalue weighted by Gasteiger charge is 2.17. The summed E-state index contributed by atoms with van der Waals surface area (Å²) in [5.41, 5.74) is 0.492. The summed E-state index contributed by atoms with van der Waals surface area (Å²) in [4.78, 5) is 23.3. The van der Waals surface area contributed by atoms with Crippen molar-refractivity contribution in [3.8, 4) is 5.75 Å². The minimum absolute atomic E-state index is 0.0598. The predicted molar refractivity (Wildman–Crippen MR) is 85.2 cm³/mol. The smallest absolute Gasteiger partial charge is 0.258 e. The quantitative estimate of drug-likeness (QED) is 0.863. The number of carbonyl (C=O) groups is 2. The highest BCUT2D eigenvalue weighted by atomic mass is 16.5. The van der Waals surface area contributed by atoms with Gasteiger partial charge in [-0.3, -0.25) is 9.59 Å². The van der Waals surface area contributed by atoms with Crippen molar-refractivity contribution >= 4 is 23.0 Å². The van der Waals surface area contributed by atoms with Gasteiger partial charge in [-0.25, -0.2) is 0 Å². The van der Waals surface area contributed by atoms with Gasteiger partial charge >= 0.3 is 0 Å². The lowest BCUT2D eigenvalue weighted by molar-refractivity contribution is -0.123. The minimum Gasteiger partial charge on any atom is -0.483 e. The highest BCUT2D eigenvalue weighted by molar-refractivity contribution is 6.00. The molecule has 0 saturated heterocycles. The van der Waals surface area contributed by atoms with Crippen LogP contribution in [0.3, 0.4) is 0 Å². The van der Waals surface area contributed by atoms with E-state index in [9.17, 15) is 9.59 Å². The molecule has 1 N–H and O–H groups in total. The van der Waals surface area contributed by atoms with Crippen molar-refractivity contribution < 1.29 is 14.3 Å². The maximum absolute atomic E-state index is 11.9. The molecule has 0 heterocycles. The molecule has 1 amide bonds. The van der Waals surface area contributed by atoms with Crippen LogP contribution in [-0.4, -0.2) is 24.8 Å². The number of ether oxygens (including phenoxy) is 1. The number of fused-ring (bicyclic) bond motifs is 1. The van der Waals surface area contributed by atoms with Crippen molar-refractivity contribution in [3.63, 3.8) is 0 Å². The SMILES string of the molecule is O=Cc1c(OCC(=O)NC2CCCC2)ccc2ccccc12. The van der Waals surface area contributed by atoms with Gasteiger partial charge in [-0.2, -0.15) is 0 Å². The summed E-state index contributed by atoms with van der Waals surface area (Å²) in [6, 6.07) is 11.5. The van der Waals surface area contributed by atoms with E-state index in [1.165, 1.54) is 12.8 Å². The summed E-state index contributed by atoms with van der Waals surface area (Å²) < 4.78 is 5.56. The van der Waals surface area contributed by atoms with Gasteiger partial charge in [-0.05, 0) is 29.7 Å². The molecule has 0 aliphatic heterocycles. The Balaban J connectivity index is 1.70. The topological polar surface area (TPSA) is 55.4 Å². The first-order valence-corrected chi connectivity index (χ1v) is 7.67. The molecule has 0 atom stereocenters. The van der Waals surface area contributed by atoms with Gasteiger partial charge in [-0.1, -0.05) is 43.2 Å². The summed E-state index contributed by atoms with van der Waals surface area (Å²) in [5.74, 6) is 0.326. The lowest BCUT2D eigenvalue weighted by Gasteiger charge is -2.14. The normalized spacial score (nSPS) is 14.9. The average molecular weight is 297 g/mol. The molecular weight excluding hydrogens is 278 g/mol. The zero-order valence-corrected chi connectivity index (χ0v) is 12.4. The van der Waals surface area contributed by atoms with E-state index < -0.39 is 0 Å². The molecule has 2 aromatic carbocycles. The molecule has 2 aromatic rings. The number of hydrogen-bond donors (Lipinski definition) is 1. The Labute approximate surface area is 129 Å². The monoisotopic (exact) mass is 297 g/mol. The second-order valence-corrected chi connectivity index (χ2v) is 5.65. The molecule has 22 heavy (non-hydrogen) atoms. The van der Waals surface area contributed by atoms with E-state index in [1.54, 1.807) is 6.07 Å². The summed E-state index contributed by atoms with van der Waals surface area (Å²) >= 11 is 0. The molecule has 1 aliphatic rings. The van der Waals surface area contributed by atoms with Crippen LogP contribution in [0.1, 0.15) is 36.0 Å². The standard InChI is InChI=1S/C18H19NO3/c20-11-16-15-8-4-1-5-13(15)9-10-17(16)22-12-18(21)19-14-6-2-3-7-14/h1,4-5,8-11,14H,2-3,6-7,12H2,(H,19,21). The van der Waals surface area contributed by atoms with Crippen LogP contribution in [0, 0.1) is 0 Å². The number of carbonyl (C=O) groups excluding carboxylic acids is 2. The van der Waals surface area contributed by atoms with E-state index in [2.05, 4.69) is 5.32 Å². The first-order valence-electron chi connectivity index (χ1n) is 7.67. The Kier molecular flexibility index (Phi) is 4.37. The van der Waals surface area contributed by atoms with Gasteiger partial charge in [0.05, 0.1) is 5.56 Å². The van der Waals surface area contributed by atoms with Crippen LogP contribution in [0.5, 0.6) is 5.75 Å². The number of rotatable bonds is 5. The fraction of sp³-hybridized carbons (Fsp3) is 0.333. The zero-order valence-electron chi connectivity index (χ0n) is 12.4. The lowest BCUT2D eigenvalue weighted by Crippen LogP contribution is -2.36. The molecule has 4 nitrogen and oxygen atoms in total. The minimum atomic E-state index is -0.128. The van der Waals surface area contributed by atoms with Gasteiger partial charge in [0.1, 0.15) is 5.75 Å². The van der Waals surface area contributed by atoms with Crippen LogP contribution in [-0.2, 0) is 4.79 Å². The Bertz CT molecular complexity index is 690. The Morgan fingerprint density at radius 1 is 1.18 bits per heavy atom. The molecule has 1 saturated carbocycles. The van der Waals surface area contributed by atoms with Crippen LogP contribution in [0.15, 0.2) is 36.4 Å². The van der Waals surface area contributed by atoms with Crippen LogP contribution in [0.2, 0.25) is 0 Å². The van der Waals surface area contributed by atoms with Gasteiger partial charge in [0.2, 0.25) is 0 Å². The van der Waals surface area contributed by atoms with Gasteiger partial charge in [0.25, 0.3) is 5.91 Å². The molecule has 0 spiro atoms. The fourth-order valence-corrected chi connectivity index (χ4v) is 3.01. The van der Waals surface area contributed by atoms with E-state index in [0.717, 1.165) is 29.9 Å². The second kappa shape index (κ2) is 6.60.